The summed E-state index contributed by atoms with van der Waals surface area (Å²) in [5.74, 6) is 1.31. The van der Waals surface area contributed by atoms with Crippen molar-refractivity contribution in [3.05, 3.63) is 46.4 Å². The quantitative estimate of drug-likeness (QED) is 0.827. The van der Waals surface area contributed by atoms with Gasteiger partial charge >= 0.3 is 0 Å². The van der Waals surface area contributed by atoms with Crippen LogP contribution in [0.1, 0.15) is 56.0 Å². The van der Waals surface area contributed by atoms with Gasteiger partial charge in [-0.1, -0.05) is 18.2 Å². The summed E-state index contributed by atoms with van der Waals surface area (Å²) in [4.78, 5) is 19.3. The summed E-state index contributed by atoms with van der Waals surface area (Å²) in [6.45, 7) is 6.95. The minimum atomic E-state index is -0.156. The molecule has 2 aliphatic heterocycles. The van der Waals surface area contributed by atoms with Crippen molar-refractivity contribution in [2.45, 2.75) is 63.6 Å². The maximum Gasteiger partial charge on any atom is 0.220 e. The molecule has 1 saturated heterocycles. The number of piperidine rings is 1. The van der Waals surface area contributed by atoms with E-state index in [2.05, 4.69) is 27.3 Å². The highest BCUT2D eigenvalue weighted by molar-refractivity contribution is 7.09. The molecule has 0 bridgehead atoms. The molecule has 3 heterocycles. The molecule has 1 amide bonds. The molecule has 4 rings (SSSR count). The van der Waals surface area contributed by atoms with Gasteiger partial charge in [-0.2, -0.15) is 0 Å². The normalized spacial score (nSPS) is 21.3. The Labute approximate surface area is 171 Å². The lowest BCUT2D eigenvalue weighted by molar-refractivity contribution is -0.122. The zero-order chi connectivity index (χ0) is 19.6. The summed E-state index contributed by atoms with van der Waals surface area (Å²) >= 11 is 1.72. The smallest absolute Gasteiger partial charge is 0.220 e. The van der Waals surface area contributed by atoms with E-state index in [0.29, 0.717) is 6.42 Å². The molecule has 1 fully saturated rings. The lowest BCUT2D eigenvalue weighted by Gasteiger charge is -2.47. The van der Waals surface area contributed by atoms with Gasteiger partial charge in [0.25, 0.3) is 0 Å². The number of fused-ring (bicyclic) bond motifs is 1. The number of aromatic nitrogens is 1. The summed E-state index contributed by atoms with van der Waals surface area (Å²) in [6, 6.07) is 8.43. The van der Waals surface area contributed by atoms with Crippen LogP contribution < -0.4 is 10.1 Å². The summed E-state index contributed by atoms with van der Waals surface area (Å²) in [5, 5.41) is 6.26. The molecule has 1 aromatic carbocycles. The fourth-order valence-corrected chi connectivity index (χ4v) is 5.14. The fraction of sp³-hybridized carbons (Fsp3) is 0.545. The topological polar surface area (TPSA) is 54.5 Å². The Morgan fingerprint density at radius 3 is 2.86 bits per heavy atom. The van der Waals surface area contributed by atoms with Crippen molar-refractivity contribution in [2.24, 2.45) is 0 Å². The average Bonchev–Trinajstić information content (AvgIpc) is 3.16. The molecular formula is C22H29N3O2S. The number of para-hydroxylation sites is 1. The summed E-state index contributed by atoms with van der Waals surface area (Å²) in [7, 11) is 0. The second-order valence-electron chi connectivity index (χ2n) is 8.35. The van der Waals surface area contributed by atoms with Crippen molar-refractivity contribution in [3.63, 3.8) is 0 Å². The first-order valence-corrected chi connectivity index (χ1v) is 11.1. The van der Waals surface area contributed by atoms with Crippen molar-refractivity contribution in [2.75, 3.05) is 13.1 Å². The Hall–Kier alpha value is -1.92. The summed E-state index contributed by atoms with van der Waals surface area (Å²) < 4.78 is 6.57. The van der Waals surface area contributed by atoms with E-state index in [9.17, 15) is 4.79 Å². The molecule has 28 heavy (non-hydrogen) atoms. The van der Waals surface area contributed by atoms with Gasteiger partial charge < -0.3 is 10.1 Å². The highest BCUT2D eigenvalue weighted by atomic mass is 32.1. The SMILES string of the molecule is CC(C)NC(=O)C[C@H]1CC2(CCN(Cc3nccs3)CC2)Oc2ccccc21. The minimum absolute atomic E-state index is 0.132. The van der Waals surface area contributed by atoms with Crippen molar-refractivity contribution in [1.82, 2.24) is 15.2 Å². The maximum atomic E-state index is 12.5. The highest BCUT2D eigenvalue weighted by Gasteiger charge is 2.43. The second-order valence-corrected chi connectivity index (χ2v) is 9.33. The maximum absolute atomic E-state index is 12.5. The Kier molecular flexibility index (Phi) is 5.69. The number of hydrogen-bond acceptors (Lipinski definition) is 5. The average molecular weight is 400 g/mol. The van der Waals surface area contributed by atoms with Gasteiger partial charge in [-0.3, -0.25) is 9.69 Å². The van der Waals surface area contributed by atoms with Crippen molar-refractivity contribution < 1.29 is 9.53 Å². The number of likely N-dealkylation sites (tertiary alicyclic amines) is 1. The zero-order valence-corrected chi connectivity index (χ0v) is 17.5. The van der Waals surface area contributed by atoms with Gasteiger partial charge in [0.1, 0.15) is 16.4 Å². The number of rotatable bonds is 5. The Bertz CT molecular complexity index is 798. The van der Waals surface area contributed by atoms with Gasteiger partial charge in [-0.25, -0.2) is 4.98 Å². The largest absolute Gasteiger partial charge is 0.487 e. The predicted octanol–water partition coefficient (Wildman–Crippen LogP) is 3.96. The van der Waals surface area contributed by atoms with Gasteiger partial charge in [0.15, 0.2) is 0 Å². The third-order valence-electron chi connectivity index (χ3n) is 5.79. The van der Waals surface area contributed by atoms with E-state index < -0.39 is 0 Å². The molecule has 0 radical (unpaired) electrons. The number of nitrogens with one attached hydrogen (secondary N) is 1. The van der Waals surface area contributed by atoms with Gasteiger partial charge in [-0.15, -0.1) is 11.3 Å². The van der Waals surface area contributed by atoms with E-state index >= 15 is 0 Å². The van der Waals surface area contributed by atoms with Crippen LogP contribution in [-0.2, 0) is 11.3 Å². The number of carbonyl (C=O) groups is 1. The first-order valence-electron chi connectivity index (χ1n) is 10.2. The van der Waals surface area contributed by atoms with E-state index in [1.54, 1.807) is 11.3 Å². The molecule has 1 aromatic heterocycles. The van der Waals surface area contributed by atoms with Crippen LogP contribution in [0.15, 0.2) is 35.8 Å². The lowest BCUT2D eigenvalue weighted by atomic mass is 9.76. The molecule has 1 N–H and O–H groups in total. The predicted molar refractivity (Wildman–Crippen MR) is 112 cm³/mol. The number of thiazole rings is 1. The molecule has 0 saturated carbocycles. The molecule has 1 spiro atoms. The van der Waals surface area contributed by atoms with Crippen LogP contribution in [0.5, 0.6) is 5.75 Å². The molecule has 6 heteroatoms. The lowest BCUT2D eigenvalue weighted by Crippen LogP contribution is -2.50. The van der Waals surface area contributed by atoms with Crippen LogP contribution in [0.25, 0.3) is 0 Å². The molecular weight excluding hydrogens is 370 g/mol. The van der Waals surface area contributed by atoms with Gasteiger partial charge in [-0.05, 0) is 44.7 Å². The van der Waals surface area contributed by atoms with Crippen molar-refractivity contribution in [1.29, 1.82) is 0 Å². The Morgan fingerprint density at radius 2 is 2.14 bits per heavy atom. The number of amides is 1. The monoisotopic (exact) mass is 399 g/mol. The van der Waals surface area contributed by atoms with Crippen LogP contribution in [0.2, 0.25) is 0 Å². The molecule has 1 atom stereocenters. The van der Waals surface area contributed by atoms with Crippen LogP contribution in [0.4, 0.5) is 0 Å². The van der Waals surface area contributed by atoms with Crippen molar-refractivity contribution >= 4 is 17.2 Å². The highest BCUT2D eigenvalue weighted by Crippen LogP contribution is 2.46. The third-order valence-corrected chi connectivity index (χ3v) is 6.56. The van der Waals surface area contributed by atoms with E-state index in [1.165, 1.54) is 10.6 Å². The third kappa shape index (κ3) is 4.39. The van der Waals surface area contributed by atoms with Crippen LogP contribution in [-0.4, -0.2) is 40.5 Å². The number of carbonyl (C=O) groups excluding carboxylic acids is 1. The van der Waals surface area contributed by atoms with Crippen molar-refractivity contribution in [3.8, 4) is 5.75 Å². The van der Waals surface area contributed by atoms with Gasteiger partial charge in [0.2, 0.25) is 5.91 Å². The van der Waals surface area contributed by atoms with Gasteiger partial charge in [0.05, 0.1) is 6.54 Å². The first kappa shape index (κ1) is 19.4. The summed E-state index contributed by atoms with van der Waals surface area (Å²) in [6.07, 6.45) is 5.31. The molecule has 0 aliphatic carbocycles. The second kappa shape index (κ2) is 8.21. The van der Waals surface area contributed by atoms with Gasteiger partial charge in [0, 0.05) is 43.0 Å². The minimum Gasteiger partial charge on any atom is -0.487 e. The molecule has 2 aliphatic rings. The Morgan fingerprint density at radius 1 is 1.36 bits per heavy atom. The number of hydrogen-bond donors (Lipinski definition) is 1. The van der Waals surface area contributed by atoms with E-state index in [4.69, 9.17) is 4.74 Å². The fourth-order valence-electron chi connectivity index (χ4n) is 4.48. The van der Waals surface area contributed by atoms with Crippen LogP contribution in [0, 0.1) is 0 Å². The van der Waals surface area contributed by atoms with Crippen LogP contribution in [0.3, 0.4) is 0 Å². The Balaban J connectivity index is 1.46. The van der Waals surface area contributed by atoms with E-state index in [1.807, 2.05) is 37.6 Å². The standard InChI is InChI=1S/C22H29N3O2S/c1-16(2)24-20(26)13-17-14-22(27-19-6-4-3-5-18(17)19)7-10-25(11-8-22)15-21-23-9-12-28-21/h3-6,9,12,16-17H,7-8,10-11,13-15H2,1-2H3,(H,24,26)/t17-/m0/s1. The first-order chi connectivity index (χ1) is 13.5. The molecule has 2 aromatic rings. The number of ether oxygens (including phenoxy) is 1. The van der Waals surface area contributed by atoms with Crippen LogP contribution >= 0.6 is 11.3 Å². The summed E-state index contributed by atoms with van der Waals surface area (Å²) in [5.41, 5.74) is 1.02. The molecule has 150 valence electrons. The number of benzene rings is 1. The number of nitrogens with zero attached hydrogens (tertiary/aromatic N) is 2. The van der Waals surface area contributed by atoms with E-state index in [-0.39, 0.29) is 23.5 Å². The van der Waals surface area contributed by atoms with E-state index in [0.717, 1.165) is 44.6 Å². The molecule has 5 nitrogen and oxygen atoms in total. The molecule has 0 unspecified atom stereocenters. The zero-order valence-electron chi connectivity index (χ0n) is 16.7.